The molecule has 0 radical (unpaired) electrons. The van der Waals surface area contributed by atoms with Crippen LogP contribution in [0, 0.1) is 28.9 Å². The molecule has 0 spiro atoms. The number of rotatable bonds is 4. The number of benzene rings is 1. The summed E-state index contributed by atoms with van der Waals surface area (Å²) in [5, 5.41) is 3.31. The van der Waals surface area contributed by atoms with Crippen LogP contribution >= 0.6 is 0 Å². The summed E-state index contributed by atoms with van der Waals surface area (Å²) in [6, 6.07) is 4.37. The van der Waals surface area contributed by atoms with Crippen LogP contribution in [0.15, 0.2) is 18.2 Å². The van der Waals surface area contributed by atoms with E-state index in [1.807, 2.05) is 7.05 Å². The minimum Gasteiger partial charge on any atom is -0.319 e. The number of hydrogen-bond donors (Lipinski definition) is 1. The van der Waals surface area contributed by atoms with Gasteiger partial charge in [-0.15, -0.1) is 0 Å². The highest BCUT2D eigenvalue weighted by Crippen LogP contribution is 2.57. The first kappa shape index (κ1) is 13.0. The number of halogens is 2. The second kappa shape index (κ2) is 4.86. The van der Waals surface area contributed by atoms with Crippen LogP contribution in [0.5, 0.6) is 0 Å². The Labute approximate surface area is 113 Å². The molecule has 0 aliphatic heterocycles. The molecule has 1 nitrogen and oxygen atoms in total. The summed E-state index contributed by atoms with van der Waals surface area (Å²) in [7, 11) is 1.99. The van der Waals surface area contributed by atoms with Crippen LogP contribution in [-0.2, 0) is 6.42 Å². The van der Waals surface area contributed by atoms with Crippen molar-refractivity contribution in [3.05, 3.63) is 35.4 Å². The van der Waals surface area contributed by atoms with Crippen molar-refractivity contribution < 1.29 is 8.78 Å². The lowest BCUT2D eigenvalue weighted by atomic mass is 9.69. The highest BCUT2D eigenvalue weighted by atomic mass is 19.2. The topological polar surface area (TPSA) is 12.0 Å². The van der Waals surface area contributed by atoms with Gasteiger partial charge in [0, 0.05) is 6.54 Å². The van der Waals surface area contributed by atoms with Crippen molar-refractivity contribution in [1.29, 1.82) is 0 Å². The summed E-state index contributed by atoms with van der Waals surface area (Å²) in [5.41, 5.74) is 1.18. The van der Waals surface area contributed by atoms with Crippen LogP contribution in [0.25, 0.3) is 0 Å². The molecule has 2 aliphatic rings. The molecule has 3 unspecified atom stereocenters. The van der Waals surface area contributed by atoms with Gasteiger partial charge in [-0.05, 0) is 67.7 Å². The third kappa shape index (κ3) is 2.29. The van der Waals surface area contributed by atoms with E-state index in [0.717, 1.165) is 30.4 Å². The molecular formula is C16H21F2N. The molecule has 2 fully saturated rings. The predicted octanol–water partition coefficient (Wildman–Crippen LogP) is 3.53. The van der Waals surface area contributed by atoms with Crippen molar-refractivity contribution in [1.82, 2.24) is 5.32 Å². The standard InChI is InChI=1S/C16H21F2N/c1-19-10-16(8-11-2-4-13(16)6-11)9-12-3-5-14(17)15(18)7-12/h3,5,7,11,13,19H,2,4,6,8-10H2,1H3. The molecule has 1 N–H and O–H groups in total. The molecule has 0 saturated heterocycles. The average Bonchev–Trinajstić information content (AvgIpc) is 2.95. The highest BCUT2D eigenvalue weighted by Gasteiger charge is 2.50. The Balaban J connectivity index is 1.84. The van der Waals surface area contributed by atoms with Crippen molar-refractivity contribution in [2.24, 2.45) is 17.3 Å². The maximum atomic E-state index is 13.4. The molecule has 3 rings (SSSR count). The molecule has 0 amide bonds. The number of hydrogen-bond acceptors (Lipinski definition) is 1. The quantitative estimate of drug-likeness (QED) is 0.878. The van der Waals surface area contributed by atoms with Crippen LogP contribution in [0.4, 0.5) is 8.78 Å². The van der Waals surface area contributed by atoms with Gasteiger partial charge in [0.1, 0.15) is 0 Å². The van der Waals surface area contributed by atoms with Crippen molar-refractivity contribution >= 4 is 0 Å². The van der Waals surface area contributed by atoms with Crippen LogP contribution in [0.3, 0.4) is 0 Å². The summed E-state index contributed by atoms with van der Waals surface area (Å²) in [4.78, 5) is 0. The Kier molecular flexibility index (Phi) is 3.34. The van der Waals surface area contributed by atoms with Crippen LogP contribution in [0.2, 0.25) is 0 Å². The van der Waals surface area contributed by atoms with E-state index in [4.69, 9.17) is 0 Å². The smallest absolute Gasteiger partial charge is 0.159 e. The number of fused-ring (bicyclic) bond motifs is 2. The molecule has 1 aromatic rings. The van der Waals surface area contributed by atoms with Crippen molar-refractivity contribution in [2.45, 2.75) is 32.1 Å². The summed E-state index contributed by atoms with van der Waals surface area (Å²) in [6.45, 7) is 0.979. The first-order valence-electron chi connectivity index (χ1n) is 7.21. The van der Waals surface area contributed by atoms with Gasteiger partial charge < -0.3 is 5.32 Å². The van der Waals surface area contributed by atoms with Crippen molar-refractivity contribution in [3.63, 3.8) is 0 Å². The third-order valence-corrected chi connectivity index (χ3v) is 5.17. The average molecular weight is 265 g/mol. The van der Waals surface area contributed by atoms with E-state index in [2.05, 4.69) is 5.32 Å². The van der Waals surface area contributed by atoms with Gasteiger partial charge in [0.05, 0.1) is 0 Å². The fourth-order valence-corrected chi connectivity index (χ4v) is 4.46. The van der Waals surface area contributed by atoms with Gasteiger partial charge in [-0.3, -0.25) is 0 Å². The van der Waals surface area contributed by atoms with E-state index in [-0.39, 0.29) is 5.41 Å². The zero-order valence-corrected chi connectivity index (χ0v) is 11.4. The molecule has 19 heavy (non-hydrogen) atoms. The Bertz CT molecular complexity index is 474. The summed E-state index contributed by atoms with van der Waals surface area (Å²) >= 11 is 0. The first-order valence-corrected chi connectivity index (χ1v) is 7.21. The van der Waals surface area contributed by atoms with E-state index in [9.17, 15) is 8.78 Å². The van der Waals surface area contributed by atoms with Gasteiger partial charge >= 0.3 is 0 Å². The fourth-order valence-electron chi connectivity index (χ4n) is 4.46. The van der Waals surface area contributed by atoms with E-state index >= 15 is 0 Å². The number of nitrogens with one attached hydrogen (secondary N) is 1. The van der Waals surface area contributed by atoms with Gasteiger partial charge in [0.15, 0.2) is 11.6 Å². The van der Waals surface area contributed by atoms with Crippen LogP contribution < -0.4 is 5.32 Å². The second-order valence-corrected chi connectivity index (χ2v) is 6.40. The lowest BCUT2D eigenvalue weighted by Crippen LogP contribution is -2.39. The normalized spacial score (nSPS) is 33.0. The summed E-state index contributed by atoms with van der Waals surface area (Å²) in [6.07, 6.45) is 6.08. The zero-order chi connectivity index (χ0) is 13.5. The largest absolute Gasteiger partial charge is 0.319 e. The molecule has 0 heterocycles. The summed E-state index contributed by atoms with van der Waals surface area (Å²) < 4.78 is 26.4. The van der Waals surface area contributed by atoms with Gasteiger partial charge in [0.25, 0.3) is 0 Å². The van der Waals surface area contributed by atoms with Crippen LogP contribution in [-0.4, -0.2) is 13.6 Å². The SMILES string of the molecule is CNCC1(Cc2ccc(F)c(F)c2)CC2CCC1C2. The Morgan fingerprint density at radius 3 is 2.68 bits per heavy atom. The summed E-state index contributed by atoms with van der Waals surface area (Å²) in [5.74, 6) is 0.126. The molecule has 1 aromatic carbocycles. The Hall–Kier alpha value is -0.960. The van der Waals surface area contributed by atoms with E-state index in [1.165, 1.54) is 37.8 Å². The van der Waals surface area contributed by atoms with E-state index < -0.39 is 11.6 Å². The zero-order valence-electron chi connectivity index (χ0n) is 11.4. The Morgan fingerprint density at radius 1 is 1.26 bits per heavy atom. The molecule has 3 atom stereocenters. The Morgan fingerprint density at radius 2 is 2.11 bits per heavy atom. The van der Waals surface area contributed by atoms with Crippen LogP contribution in [0.1, 0.15) is 31.2 Å². The van der Waals surface area contributed by atoms with Crippen molar-refractivity contribution in [2.75, 3.05) is 13.6 Å². The van der Waals surface area contributed by atoms with Gasteiger partial charge in [-0.2, -0.15) is 0 Å². The molecule has 2 bridgehead atoms. The predicted molar refractivity (Wildman–Crippen MR) is 71.9 cm³/mol. The molecule has 104 valence electrons. The lowest BCUT2D eigenvalue weighted by Gasteiger charge is -2.38. The molecule has 2 aliphatic carbocycles. The fraction of sp³-hybridized carbons (Fsp3) is 0.625. The van der Waals surface area contributed by atoms with Gasteiger partial charge in [-0.1, -0.05) is 12.5 Å². The second-order valence-electron chi connectivity index (χ2n) is 6.40. The maximum Gasteiger partial charge on any atom is 0.159 e. The highest BCUT2D eigenvalue weighted by molar-refractivity contribution is 5.21. The van der Waals surface area contributed by atoms with E-state index in [1.54, 1.807) is 6.07 Å². The van der Waals surface area contributed by atoms with Gasteiger partial charge in [-0.25, -0.2) is 8.78 Å². The first-order chi connectivity index (χ1) is 9.13. The molecular weight excluding hydrogens is 244 g/mol. The third-order valence-electron chi connectivity index (χ3n) is 5.17. The molecule has 0 aromatic heterocycles. The maximum absolute atomic E-state index is 13.4. The minimum atomic E-state index is -0.751. The van der Waals surface area contributed by atoms with E-state index in [0.29, 0.717) is 0 Å². The molecule has 3 heteroatoms. The lowest BCUT2D eigenvalue weighted by molar-refractivity contribution is 0.160. The monoisotopic (exact) mass is 265 g/mol. The van der Waals surface area contributed by atoms with Crippen molar-refractivity contribution in [3.8, 4) is 0 Å². The molecule has 2 saturated carbocycles. The minimum absolute atomic E-state index is 0.252. The van der Waals surface area contributed by atoms with Gasteiger partial charge in [0.2, 0.25) is 0 Å².